The van der Waals surface area contributed by atoms with Gasteiger partial charge in [0, 0.05) is 11.5 Å². The molecule has 2 atom stereocenters. The van der Waals surface area contributed by atoms with Crippen molar-refractivity contribution < 1.29 is 17.6 Å². The van der Waals surface area contributed by atoms with Crippen LogP contribution in [0.4, 0.5) is 4.39 Å². The van der Waals surface area contributed by atoms with E-state index < -0.39 is 31.7 Å². The maximum atomic E-state index is 13.5. The second-order valence-corrected chi connectivity index (χ2v) is 6.26. The Morgan fingerprint density at radius 1 is 1.25 bits per heavy atom. The lowest BCUT2D eigenvalue weighted by atomic mass is 9.96. The number of benzene rings is 1. The molecule has 0 fully saturated rings. The smallest absolute Gasteiger partial charge is 0.185 e. The maximum absolute atomic E-state index is 13.5. The first-order chi connectivity index (χ1) is 7.37. The summed E-state index contributed by atoms with van der Waals surface area (Å²) in [6.45, 7) is 2.99. The third kappa shape index (κ3) is 1.31. The summed E-state index contributed by atoms with van der Waals surface area (Å²) in [6.07, 6.45) is 0. The summed E-state index contributed by atoms with van der Waals surface area (Å²) < 4.78 is 37.5. The topological polar surface area (TPSA) is 51.2 Å². The van der Waals surface area contributed by atoms with Crippen LogP contribution in [0.1, 0.15) is 24.2 Å². The fraction of sp³-hybridized carbons (Fsp3) is 0.364. The zero-order chi connectivity index (χ0) is 12.1. The molecule has 0 radical (unpaired) electrons. The van der Waals surface area contributed by atoms with Crippen molar-refractivity contribution in [2.75, 3.05) is 0 Å². The van der Waals surface area contributed by atoms with Crippen LogP contribution in [0.15, 0.2) is 23.1 Å². The first-order valence-electron chi connectivity index (χ1n) is 4.94. The molecule has 5 heteroatoms. The lowest BCUT2D eigenvalue weighted by Gasteiger charge is -2.26. The van der Waals surface area contributed by atoms with Crippen molar-refractivity contribution in [3.05, 3.63) is 29.6 Å². The zero-order valence-corrected chi connectivity index (χ0v) is 9.71. The van der Waals surface area contributed by atoms with Gasteiger partial charge < -0.3 is 0 Å². The van der Waals surface area contributed by atoms with Crippen LogP contribution in [0.25, 0.3) is 0 Å². The molecule has 16 heavy (non-hydrogen) atoms. The third-order valence-corrected chi connectivity index (χ3v) is 5.50. The van der Waals surface area contributed by atoms with E-state index in [2.05, 4.69) is 0 Å². The van der Waals surface area contributed by atoms with Gasteiger partial charge in [0.25, 0.3) is 0 Å². The molecule has 0 amide bonds. The number of hydrogen-bond donors (Lipinski definition) is 0. The van der Waals surface area contributed by atoms with E-state index in [0.717, 1.165) is 6.07 Å². The Bertz CT molecular complexity index is 563. The number of ketones is 1. The van der Waals surface area contributed by atoms with Crippen molar-refractivity contribution in [2.45, 2.75) is 24.0 Å². The van der Waals surface area contributed by atoms with E-state index in [0.29, 0.717) is 0 Å². The van der Waals surface area contributed by atoms with E-state index in [9.17, 15) is 17.6 Å². The lowest BCUT2D eigenvalue weighted by molar-refractivity contribution is 0.0919. The highest BCUT2D eigenvalue weighted by Gasteiger charge is 2.42. The van der Waals surface area contributed by atoms with E-state index in [1.165, 1.54) is 19.1 Å². The summed E-state index contributed by atoms with van der Waals surface area (Å²) in [6, 6.07) is 3.78. The summed E-state index contributed by atoms with van der Waals surface area (Å²) in [5.41, 5.74) is -0.0226. The average Bonchev–Trinajstić information content (AvgIpc) is 2.23. The second-order valence-electron chi connectivity index (χ2n) is 4.02. The van der Waals surface area contributed by atoms with Gasteiger partial charge >= 0.3 is 0 Å². The van der Waals surface area contributed by atoms with E-state index in [4.69, 9.17) is 0 Å². The molecule has 3 nitrogen and oxygen atoms in total. The molecule has 1 aliphatic heterocycles. The fourth-order valence-electron chi connectivity index (χ4n) is 1.91. The number of carbonyl (C=O) groups is 1. The van der Waals surface area contributed by atoms with Gasteiger partial charge in [0.2, 0.25) is 0 Å². The van der Waals surface area contributed by atoms with Crippen LogP contribution in [0.3, 0.4) is 0 Å². The fourth-order valence-corrected chi connectivity index (χ4v) is 3.75. The first kappa shape index (κ1) is 11.3. The molecule has 0 saturated heterocycles. The van der Waals surface area contributed by atoms with Crippen LogP contribution in [-0.2, 0) is 9.84 Å². The van der Waals surface area contributed by atoms with Crippen LogP contribution in [0, 0.1) is 11.7 Å². The predicted molar refractivity (Wildman–Crippen MR) is 56.5 cm³/mol. The van der Waals surface area contributed by atoms with E-state index in [1.54, 1.807) is 6.92 Å². The number of rotatable bonds is 0. The molecule has 0 bridgehead atoms. The Labute approximate surface area is 93.2 Å². The molecular weight excluding hydrogens is 231 g/mol. The van der Waals surface area contributed by atoms with E-state index in [-0.39, 0.29) is 11.3 Å². The molecule has 0 spiro atoms. The summed E-state index contributed by atoms with van der Waals surface area (Å²) in [5.74, 6) is -1.78. The van der Waals surface area contributed by atoms with Crippen LogP contribution in [0.2, 0.25) is 0 Å². The van der Waals surface area contributed by atoms with Gasteiger partial charge in [-0.05, 0) is 19.1 Å². The largest absolute Gasteiger partial charge is 0.294 e. The second kappa shape index (κ2) is 3.38. The number of sulfone groups is 1. The molecule has 86 valence electrons. The Hall–Kier alpha value is -1.23. The standard InChI is InChI=1S/C11H11FO3S/c1-6-7(2)16(14,15)11-8(10(6)13)4-3-5-9(11)12/h3-7H,1-2H3. The summed E-state index contributed by atoms with van der Waals surface area (Å²) in [7, 11) is -3.73. The van der Waals surface area contributed by atoms with Crippen molar-refractivity contribution >= 4 is 15.6 Å². The minimum atomic E-state index is -3.73. The van der Waals surface area contributed by atoms with Crippen molar-refractivity contribution in [2.24, 2.45) is 5.92 Å². The van der Waals surface area contributed by atoms with E-state index >= 15 is 0 Å². The van der Waals surface area contributed by atoms with Gasteiger partial charge in [-0.25, -0.2) is 12.8 Å². The summed E-state index contributed by atoms with van der Waals surface area (Å²) >= 11 is 0. The molecule has 0 saturated carbocycles. The Kier molecular flexibility index (Phi) is 2.38. The number of halogens is 1. The normalized spacial score (nSPS) is 27.6. The average molecular weight is 242 g/mol. The van der Waals surface area contributed by atoms with Crippen LogP contribution in [0.5, 0.6) is 0 Å². The molecule has 1 heterocycles. The van der Waals surface area contributed by atoms with Gasteiger partial charge in [0.15, 0.2) is 15.6 Å². The van der Waals surface area contributed by atoms with Crippen molar-refractivity contribution in [3.63, 3.8) is 0 Å². The van der Waals surface area contributed by atoms with Gasteiger partial charge in [-0.1, -0.05) is 13.0 Å². The Morgan fingerprint density at radius 2 is 1.88 bits per heavy atom. The molecule has 1 aliphatic rings. The van der Waals surface area contributed by atoms with Crippen molar-refractivity contribution in [1.29, 1.82) is 0 Å². The molecule has 0 N–H and O–H groups in total. The molecular formula is C11H11FO3S. The molecule has 0 aliphatic carbocycles. The third-order valence-electron chi connectivity index (χ3n) is 3.12. The highest BCUT2D eigenvalue weighted by Crippen LogP contribution is 2.34. The summed E-state index contributed by atoms with van der Waals surface area (Å²) in [5, 5.41) is -0.871. The number of hydrogen-bond acceptors (Lipinski definition) is 3. The van der Waals surface area contributed by atoms with Gasteiger partial charge in [0.1, 0.15) is 10.7 Å². The quantitative estimate of drug-likeness (QED) is 0.697. The van der Waals surface area contributed by atoms with Crippen molar-refractivity contribution in [1.82, 2.24) is 0 Å². The molecule has 2 rings (SSSR count). The monoisotopic (exact) mass is 242 g/mol. The van der Waals surface area contributed by atoms with Gasteiger partial charge in [-0.3, -0.25) is 4.79 Å². The Morgan fingerprint density at radius 3 is 2.50 bits per heavy atom. The SMILES string of the molecule is CC1C(=O)c2cccc(F)c2S(=O)(=O)C1C. The predicted octanol–water partition coefficient (Wildman–Crippen LogP) is 1.82. The van der Waals surface area contributed by atoms with Gasteiger partial charge in [-0.2, -0.15) is 0 Å². The zero-order valence-electron chi connectivity index (χ0n) is 8.90. The highest BCUT2D eigenvalue weighted by atomic mass is 32.2. The number of Topliss-reactive ketones (excluding diaryl/α,β-unsaturated/α-hetero) is 1. The minimum absolute atomic E-state index is 0.0226. The summed E-state index contributed by atoms with van der Waals surface area (Å²) in [4.78, 5) is 11.4. The van der Waals surface area contributed by atoms with Crippen LogP contribution in [-0.4, -0.2) is 19.5 Å². The van der Waals surface area contributed by atoms with Crippen LogP contribution < -0.4 is 0 Å². The van der Waals surface area contributed by atoms with Crippen LogP contribution >= 0.6 is 0 Å². The lowest BCUT2D eigenvalue weighted by Crippen LogP contribution is -2.37. The van der Waals surface area contributed by atoms with Gasteiger partial charge in [-0.15, -0.1) is 0 Å². The molecule has 0 aromatic heterocycles. The number of carbonyl (C=O) groups excluding carboxylic acids is 1. The molecule has 1 aromatic carbocycles. The maximum Gasteiger partial charge on any atom is 0.185 e. The highest BCUT2D eigenvalue weighted by molar-refractivity contribution is 7.92. The minimum Gasteiger partial charge on any atom is -0.294 e. The molecule has 2 unspecified atom stereocenters. The van der Waals surface area contributed by atoms with Crippen molar-refractivity contribution in [3.8, 4) is 0 Å². The Balaban J connectivity index is 2.85. The van der Waals surface area contributed by atoms with Gasteiger partial charge in [0.05, 0.1) is 5.25 Å². The first-order valence-corrected chi connectivity index (χ1v) is 6.48. The number of fused-ring (bicyclic) bond motifs is 1. The van der Waals surface area contributed by atoms with E-state index in [1.807, 2.05) is 0 Å². The molecule has 1 aromatic rings.